The van der Waals surface area contributed by atoms with Gasteiger partial charge in [0.2, 0.25) is 0 Å². The summed E-state index contributed by atoms with van der Waals surface area (Å²) >= 11 is 0. The Hall–Kier alpha value is -2.52. The summed E-state index contributed by atoms with van der Waals surface area (Å²) in [6, 6.07) is 14.4. The third kappa shape index (κ3) is 6.80. The minimum atomic E-state index is 0.172. The zero-order valence-corrected chi connectivity index (χ0v) is 25.4. The van der Waals surface area contributed by atoms with Crippen molar-refractivity contribution in [3.63, 3.8) is 0 Å². The molecule has 4 atom stereocenters. The molecule has 0 heterocycles. The van der Waals surface area contributed by atoms with Gasteiger partial charge < -0.3 is 0 Å². The molecule has 0 radical (unpaired) electrons. The first-order valence-electron chi connectivity index (χ1n) is 15.8. The molecule has 0 spiro atoms. The maximum atomic E-state index is 3.68. The Kier molecular flexibility index (Phi) is 8.57. The van der Waals surface area contributed by atoms with Gasteiger partial charge in [0.15, 0.2) is 0 Å². The quantitative estimate of drug-likeness (QED) is 0.345. The van der Waals surface area contributed by atoms with Crippen LogP contribution < -0.4 is 0 Å². The van der Waals surface area contributed by atoms with Gasteiger partial charge in [-0.1, -0.05) is 114 Å². The van der Waals surface area contributed by atoms with Gasteiger partial charge in [-0.05, 0) is 114 Å². The maximum Gasteiger partial charge on any atom is 0.0277 e. The third-order valence-electron chi connectivity index (χ3n) is 9.96. The van der Waals surface area contributed by atoms with Crippen LogP contribution in [0.1, 0.15) is 112 Å². The highest BCUT2D eigenvalue weighted by atomic mass is 14.4. The maximum absolute atomic E-state index is 3.68. The molecule has 4 unspecified atom stereocenters. The lowest BCUT2D eigenvalue weighted by Gasteiger charge is -2.30. The number of rotatable bonds is 5. The monoisotopic (exact) mass is 518 g/mol. The van der Waals surface area contributed by atoms with Crippen molar-refractivity contribution in [2.75, 3.05) is 0 Å². The Morgan fingerprint density at radius 3 is 2.44 bits per heavy atom. The molecule has 3 aliphatic rings. The van der Waals surface area contributed by atoms with E-state index in [1.54, 1.807) is 11.1 Å². The lowest BCUT2D eigenvalue weighted by molar-refractivity contribution is 0.288. The summed E-state index contributed by atoms with van der Waals surface area (Å²) in [4.78, 5) is 0. The number of aryl methyl sites for hydroxylation is 1. The van der Waals surface area contributed by atoms with Crippen LogP contribution in [-0.4, -0.2) is 0 Å². The predicted molar refractivity (Wildman–Crippen MR) is 168 cm³/mol. The van der Waals surface area contributed by atoms with Crippen molar-refractivity contribution in [1.29, 1.82) is 0 Å². The molecule has 0 aromatic heterocycles. The van der Waals surface area contributed by atoms with Crippen molar-refractivity contribution < 1.29 is 0 Å². The summed E-state index contributed by atoms with van der Waals surface area (Å²) in [5, 5.41) is 0. The summed E-state index contributed by atoms with van der Waals surface area (Å²) < 4.78 is 0. The first-order valence-corrected chi connectivity index (χ1v) is 15.8. The SMILES string of the molecule is Cc1ccc(C(C)Cc2ccc(CC3CCC(C)CC3)c(C(C)(C)C)c2)cc1C#CC1CCC2C=CC=CC12. The molecule has 39 heavy (non-hydrogen) atoms. The van der Waals surface area contributed by atoms with Gasteiger partial charge in [0.05, 0.1) is 0 Å². The van der Waals surface area contributed by atoms with E-state index in [4.69, 9.17) is 0 Å². The van der Waals surface area contributed by atoms with Crippen LogP contribution in [-0.2, 0) is 18.3 Å². The van der Waals surface area contributed by atoms with Gasteiger partial charge in [-0.3, -0.25) is 0 Å². The van der Waals surface area contributed by atoms with E-state index < -0.39 is 0 Å². The molecule has 0 heteroatoms. The lowest BCUT2D eigenvalue weighted by Crippen LogP contribution is -2.19. The largest absolute Gasteiger partial charge is 0.0938 e. The molecule has 0 nitrogen and oxygen atoms in total. The second kappa shape index (κ2) is 11.9. The zero-order valence-electron chi connectivity index (χ0n) is 25.4. The molecule has 2 aromatic rings. The van der Waals surface area contributed by atoms with Crippen molar-refractivity contribution >= 4 is 0 Å². The van der Waals surface area contributed by atoms with Gasteiger partial charge in [-0.25, -0.2) is 0 Å². The van der Waals surface area contributed by atoms with Crippen molar-refractivity contribution in [1.82, 2.24) is 0 Å². The minimum absolute atomic E-state index is 0.172. The molecule has 5 rings (SSSR count). The van der Waals surface area contributed by atoms with E-state index >= 15 is 0 Å². The highest BCUT2D eigenvalue weighted by molar-refractivity contribution is 5.45. The summed E-state index contributed by atoms with van der Waals surface area (Å²) in [5.41, 5.74) is 8.70. The Morgan fingerprint density at radius 1 is 0.897 bits per heavy atom. The summed E-state index contributed by atoms with van der Waals surface area (Å²) in [7, 11) is 0. The van der Waals surface area contributed by atoms with Crippen LogP contribution in [0.4, 0.5) is 0 Å². The van der Waals surface area contributed by atoms with Crippen molar-refractivity contribution in [3.8, 4) is 11.8 Å². The molecular formula is C39H50. The zero-order chi connectivity index (χ0) is 27.6. The molecule has 0 amide bonds. The number of allylic oxidation sites excluding steroid dienone is 4. The third-order valence-corrected chi connectivity index (χ3v) is 9.96. The highest BCUT2D eigenvalue weighted by Gasteiger charge is 2.32. The van der Waals surface area contributed by atoms with Gasteiger partial charge in [-0.15, -0.1) is 0 Å². The van der Waals surface area contributed by atoms with E-state index in [1.807, 2.05) is 0 Å². The van der Waals surface area contributed by atoms with Crippen molar-refractivity contribution in [2.45, 2.75) is 104 Å². The normalized spacial score (nSPS) is 27.1. The van der Waals surface area contributed by atoms with E-state index in [-0.39, 0.29) is 5.41 Å². The number of fused-ring (bicyclic) bond motifs is 1. The van der Waals surface area contributed by atoms with Crippen LogP contribution >= 0.6 is 0 Å². The van der Waals surface area contributed by atoms with Crippen LogP contribution in [0.2, 0.25) is 0 Å². The van der Waals surface area contributed by atoms with Crippen molar-refractivity contribution in [2.24, 2.45) is 29.6 Å². The van der Waals surface area contributed by atoms with Gasteiger partial charge in [0.1, 0.15) is 0 Å². The molecule has 0 N–H and O–H groups in total. The fourth-order valence-corrected chi connectivity index (χ4v) is 7.32. The molecule has 3 aliphatic carbocycles. The average Bonchev–Trinajstić information content (AvgIpc) is 3.33. The fourth-order valence-electron chi connectivity index (χ4n) is 7.32. The number of benzene rings is 2. The lowest BCUT2D eigenvalue weighted by atomic mass is 9.76. The van der Waals surface area contributed by atoms with Gasteiger partial charge in [0.25, 0.3) is 0 Å². The molecular weight excluding hydrogens is 468 g/mol. The summed E-state index contributed by atoms with van der Waals surface area (Å²) in [6.07, 6.45) is 19.6. The standard InChI is InChI=1S/C39H50/c1-27-11-14-30(15-12-27)24-36-18-16-31(25-38(36)39(4,5)6)23-29(3)35-17-13-28(2)34(26-35)22-21-33-20-19-32-9-7-8-10-37(32)33/h7-10,13,16-18,25-27,29-30,32-33,37H,11-12,14-15,19-20,23-24H2,1-6H3. The molecule has 0 bridgehead atoms. The first-order chi connectivity index (χ1) is 18.7. The molecule has 206 valence electrons. The summed E-state index contributed by atoms with van der Waals surface area (Å²) in [6.45, 7) is 14.2. The smallest absolute Gasteiger partial charge is 0.0277 e. The fraction of sp³-hybridized carbons (Fsp3) is 0.538. The van der Waals surface area contributed by atoms with E-state index in [9.17, 15) is 0 Å². The van der Waals surface area contributed by atoms with Crippen LogP contribution in [0.5, 0.6) is 0 Å². The van der Waals surface area contributed by atoms with E-state index in [1.165, 1.54) is 67.2 Å². The van der Waals surface area contributed by atoms with Gasteiger partial charge in [0, 0.05) is 11.5 Å². The van der Waals surface area contributed by atoms with E-state index in [0.717, 1.165) is 18.3 Å². The molecule has 2 aromatic carbocycles. The van der Waals surface area contributed by atoms with Crippen molar-refractivity contribution in [3.05, 3.63) is 94.1 Å². The van der Waals surface area contributed by atoms with Crippen LogP contribution in [0, 0.1) is 48.4 Å². The second-order valence-electron chi connectivity index (χ2n) is 14.2. The topological polar surface area (TPSA) is 0 Å². The van der Waals surface area contributed by atoms with Gasteiger partial charge >= 0.3 is 0 Å². The van der Waals surface area contributed by atoms with Crippen LogP contribution in [0.15, 0.2) is 60.7 Å². The van der Waals surface area contributed by atoms with E-state index in [0.29, 0.717) is 23.7 Å². The Morgan fingerprint density at radius 2 is 1.67 bits per heavy atom. The van der Waals surface area contributed by atoms with Crippen LogP contribution in [0.25, 0.3) is 0 Å². The Labute approximate surface area is 239 Å². The van der Waals surface area contributed by atoms with E-state index in [2.05, 4.69) is 114 Å². The first kappa shape index (κ1) is 28.0. The molecule has 0 aliphatic heterocycles. The summed E-state index contributed by atoms with van der Waals surface area (Å²) in [5.74, 6) is 11.3. The Bertz CT molecular complexity index is 1260. The Balaban J connectivity index is 1.30. The number of hydrogen-bond acceptors (Lipinski definition) is 0. The molecule has 2 fully saturated rings. The van der Waals surface area contributed by atoms with Crippen LogP contribution in [0.3, 0.4) is 0 Å². The van der Waals surface area contributed by atoms with Gasteiger partial charge in [-0.2, -0.15) is 0 Å². The molecule has 2 saturated carbocycles. The number of hydrogen-bond donors (Lipinski definition) is 0. The predicted octanol–water partition coefficient (Wildman–Crippen LogP) is 10.1. The highest BCUT2D eigenvalue weighted by Crippen LogP contribution is 2.40. The molecule has 0 saturated heterocycles. The second-order valence-corrected chi connectivity index (χ2v) is 14.2. The average molecular weight is 519 g/mol. The minimum Gasteiger partial charge on any atom is -0.0938 e.